The van der Waals surface area contributed by atoms with Crippen LogP contribution in [0.25, 0.3) is 0 Å². The summed E-state index contributed by atoms with van der Waals surface area (Å²) in [5.74, 6) is 0.418. The minimum Gasteiger partial charge on any atom is -0.454 e. The van der Waals surface area contributed by atoms with Crippen molar-refractivity contribution in [2.75, 3.05) is 0 Å². The average molecular weight is 330 g/mol. The molecular formula is C14H11BrClFO. The molecule has 2 aromatic carbocycles. The Morgan fingerprint density at radius 2 is 1.83 bits per heavy atom. The molecule has 0 aliphatic carbocycles. The third-order valence-corrected chi connectivity index (χ3v) is 3.50. The van der Waals surface area contributed by atoms with Crippen molar-refractivity contribution in [3.8, 4) is 11.5 Å². The first-order valence-corrected chi connectivity index (χ1v) is 6.89. The third-order valence-electron chi connectivity index (χ3n) is 2.59. The first-order valence-electron chi connectivity index (χ1n) is 5.40. The molecule has 0 radical (unpaired) electrons. The van der Waals surface area contributed by atoms with Gasteiger partial charge >= 0.3 is 0 Å². The van der Waals surface area contributed by atoms with Gasteiger partial charge in [0, 0.05) is 15.9 Å². The van der Waals surface area contributed by atoms with E-state index in [2.05, 4.69) is 15.9 Å². The molecule has 4 heteroatoms. The summed E-state index contributed by atoms with van der Waals surface area (Å²) in [5.41, 5.74) is 1.36. The minimum atomic E-state index is -0.349. The normalized spacial score (nSPS) is 10.4. The summed E-state index contributed by atoms with van der Waals surface area (Å²) in [5, 5.41) is 1.15. The van der Waals surface area contributed by atoms with Crippen LogP contribution in [0.15, 0.2) is 36.4 Å². The van der Waals surface area contributed by atoms with Gasteiger partial charge in [-0.15, -0.1) is 0 Å². The lowest BCUT2D eigenvalue weighted by molar-refractivity contribution is 0.437. The molecule has 0 fully saturated rings. The second kappa shape index (κ2) is 5.72. The quantitative estimate of drug-likeness (QED) is 0.678. The molecular weight excluding hydrogens is 319 g/mol. The van der Waals surface area contributed by atoms with Crippen molar-refractivity contribution >= 4 is 27.5 Å². The zero-order valence-corrected chi connectivity index (χ0v) is 12.1. The predicted molar refractivity (Wildman–Crippen MR) is 75.3 cm³/mol. The Labute approximate surface area is 119 Å². The first kappa shape index (κ1) is 13.4. The highest BCUT2D eigenvalue weighted by Gasteiger charge is 2.11. The van der Waals surface area contributed by atoms with E-state index in [0.717, 1.165) is 5.56 Å². The summed E-state index contributed by atoms with van der Waals surface area (Å²) < 4.78 is 19.5. The van der Waals surface area contributed by atoms with Crippen molar-refractivity contribution in [1.29, 1.82) is 0 Å². The number of halogens is 3. The molecule has 0 aromatic heterocycles. The van der Waals surface area contributed by atoms with Gasteiger partial charge in [0.15, 0.2) is 11.6 Å². The van der Waals surface area contributed by atoms with Crippen molar-refractivity contribution < 1.29 is 9.13 Å². The van der Waals surface area contributed by atoms with Gasteiger partial charge < -0.3 is 4.74 Å². The fourth-order valence-electron chi connectivity index (χ4n) is 1.58. The average Bonchev–Trinajstić information content (AvgIpc) is 2.35. The second-order valence-electron chi connectivity index (χ2n) is 3.84. The Morgan fingerprint density at radius 1 is 1.17 bits per heavy atom. The molecule has 0 saturated carbocycles. The minimum absolute atomic E-state index is 0.208. The molecule has 0 spiro atoms. The number of ether oxygens (including phenoxy) is 1. The van der Waals surface area contributed by atoms with Gasteiger partial charge in [0.25, 0.3) is 0 Å². The van der Waals surface area contributed by atoms with Crippen molar-refractivity contribution in [3.63, 3.8) is 0 Å². The maximum absolute atomic E-state index is 13.9. The van der Waals surface area contributed by atoms with E-state index >= 15 is 0 Å². The molecule has 0 bridgehead atoms. The largest absolute Gasteiger partial charge is 0.454 e. The van der Waals surface area contributed by atoms with Gasteiger partial charge in [-0.25, -0.2) is 4.39 Å². The predicted octanol–water partition coefficient (Wildman–Crippen LogP) is 5.47. The lowest BCUT2D eigenvalue weighted by Crippen LogP contribution is -1.94. The Morgan fingerprint density at radius 3 is 2.56 bits per heavy atom. The summed E-state index contributed by atoms with van der Waals surface area (Å²) in [6.07, 6.45) is 0. The van der Waals surface area contributed by atoms with Gasteiger partial charge in [0.1, 0.15) is 5.75 Å². The van der Waals surface area contributed by atoms with Crippen LogP contribution in [0.4, 0.5) is 4.39 Å². The Balaban J connectivity index is 2.40. The highest BCUT2D eigenvalue weighted by atomic mass is 79.9. The smallest absolute Gasteiger partial charge is 0.168 e. The van der Waals surface area contributed by atoms with Crippen LogP contribution in [0.5, 0.6) is 11.5 Å². The van der Waals surface area contributed by atoms with E-state index in [1.165, 1.54) is 0 Å². The van der Waals surface area contributed by atoms with Crippen LogP contribution in [0, 0.1) is 12.7 Å². The number of aryl methyl sites for hydroxylation is 1. The standard InChI is InChI=1S/C14H11BrClFO/c1-9-4-2-7-13(14(9)17)18-12-6-3-5-11(16)10(12)8-15/h2-7H,8H2,1H3. The molecule has 0 unspecified atom stereocenters. The number of benzene rings is 2. The van der Waals surface area contributed by atoms with Crippen LogP contribution in [-0.2, 0) is 5.33 Å². The molecule has 1 nitrogen and oxygen atoms in total. The molecule has 2 rings (SSSR count). The molecule has 0 heterocycles. The summed E-state index contributed by atoms with van der Waals surface area (Å²) in [7, 11) is 0. The highest BCUT2D eigenvalue weighted by molar-refractivity contribution is 9.08. The van der Waals surface area contributed by atoms with Crippen LogP contribution in [-0.4, -0.2) is 0 Å². The van der Waals surface area contributed by atoms with E-state index in [1.807, 2.05) is 0 Å². The van der Waals surface area contributed by atoms with Gasteiger partial charge in [-0.1, -0.05) is 45.7 Å². The van der Waals surface area contributed by atoms with Gasteiger partial charge in [0.2, 0.25) is 0 Å². The van der Waals surface area contributed by atoms with E-state index in [4.69, 9.17) is 16.3 Å². The van der Waals surface area contributed by atoms with E-state index in [1.54, 1.807) is 43.3 Å². The van der Waals surface area contributed by atoms with Gasteiger partial charge in [-0.2, -0.15) is 0 Å². The molecule has 0 aliphatic rings. The SMILES string of the molecule is Cc1cccc(Oc2cccc(Cl)c2CBr)c1F. The fraction of sp³-hybridized carbons (Fsp3) is 0.143. The van der Waals surface area contributed by atoms with Crippen molar-refractivity contribution in [2.45, 2.75) is 12.3 Å². The number of alkyl halides is 1. The maximum Gasteiger partial charge on any atom is 0.168 e. The molecule has 94 valence electrons. The Hall–Kier alpha value is -1.06. The second-order valence-corrected chi connectivity index (χ2v) is 4.81. The first-order chi connectivity index (χ1) is 8.63. The van der Waals surface area contributed by atoms with Crippen LogP contribution in [0.1, 0.15) is 11.1 Å². The van der Waals surface area contributed by atoms with Crippen LogP contribution in [0.2, 0.25) is 5.02 Å². The number of hydrogen-bond donors (Lipinski definition) is 0. The van der Waals surface area contributed by atoms with E-state index < -0.39 is 0 Å². The van der Waals surface area contributed by atoms with Crippen LogP contribution < -0.4 is 4.74 Å². The molecule has 0 amide bonds. The summed E-state index contributed by atoms with van der Waals surface area (Å²) >= 11 is 9.41. The fourth-order valence-corrected chi connectivity index (χ4v) is 2.55. The highest BCUT2D eigenvalue weighted by Crippen LogP contribution is 2.33. The lowest BCUT2D eigenvalue weighted by Gasteiger charge is -2.12. The number of hydrogen-bond acceptors (Lipinski definition) is 1. The van der Waals surface area contributed by atoms with Crippen LogP contribution in [0.3, 0.4) is 0 Å². The Bertz CT molecular complexity index is 572. The third kappa shape index (κ3) is 2.68. The van der Waals surface area contributed by atoms with Gasteiger partial charge in [-0.05, 0) is 30.7 Å². The summed E-state index contributed by atoms with van der Waals surface area (Å²) in [4.78, 5) is 0. The lowest BCUT2D eigenvalue weighted by atomic mass is 10.2. The van der Waals surface area contributed by atoms with Crippen LogP contribution >= 0.6 is 27.5 Å². The number of rotatable bonds is 3. The summed E-state index contributed by atoms with van der Waals surface area (Å²) in [6, 6.07) is 10.4. The molecule has 2 aromatic rings. The van der Waals surface area contributed by atoms with Crippen molar-refractivity contribution in [2.24, 2.45) is 0 Å². The Kier molecular flexibility index (Phi) is 4.25. The zero-order chi connectivity index (χ0) is 13.1. The molecule has 0 atom stereocenters. The van der Waals surface area contributed by atoms with Crippen molar-refractivity contribution in [3.05, 3.63) is 58.4 Å². The molecule has 18 heavy (non-hydrogen) atoms. The van der Waals surface area contributed by atoms with E-state index in [-0.39, 0.29) is 11.6 Å². The molecule has 0 aliphatic heterocycles. The molecule has 0 saturated heterocycles. The van der Waals surface area contributed by atoms with E-state index in [9.17, 15) is 4.39 Å². The van der Waals surface area contributed by atoms with E-state index in [0.29, 0.717) is 21.7 Å². The monoisotopic (exact) mass is 328 g/mol. The topological polar surface area (TPSA) is 9.23 Å². The van der Waals surface area contributed by atoms with Gasteiger partial charge in [0.05, 0.1) is 0 Å². The zero-order valence-electron chi connectivity index (χ0n) is 9.71. The molecule has 0 N–H and O–H groups in total. The summed E-state index contributed by atoms with van der Waals surface area (Å²) in [6.45, 7) is 1.70. The maximum atomic E-state index is 13.9. The van der Waals surface area contributed by atoms with Gasteiger partial charge in [-0.3, -0.25) is 0 Å². The van der Waals surface area contributed by atoms with Crippen molar-refractivity contribution in [1.82, 2.24) is 0 Å².